The van der Waals surface area contributed by atoms with Gasteiger partial charge in [0.2, 0.25) is 0 Å². The van der Waals surface area contributed by atoms with Crippen molar-refractivity contribution in [3.63, 3.8) is 0 Å². The molecule has 2 fully saturated rings. The Labute approximate surface area is 138 Å². The second kappa shape index (κ2) is 7.01. The zero-order valence-corrected chi connectivity index (χ0v) is 14.4. The highest BCUT2D eigenvalue weighted by molar-refractivity contribution is 5.92. The minimum atomic E-state index is 0. The summed E-state index contributed by atoms with van der Waals surface area (Å²) in [6.45, 7) is 8.21. The molecule has 1 aromatic rings. The van der Waals surface area contributed by atoms with Crippen LogP contribution in [-0.4, -0.2) is 46.8 Å². The van der Waals surface area contributed by atoms with Gasteiger partial charge < -0.3 is 10.2 Å². The van der Waals surface area contributed by atoms with Crippen LogP contribution >= 0.6 is 12.4 Å². The van der Waals surface area contributed by atoms with E-state index in [1.807, 2.05) is 21.8 Å². The predicted octanol–water partition coefficient (Wildman–Crippen LogP) is 2.49. The van der Waals surface area contributed by atoms with E-state index >= 15 is 0 Å². The van der Waals surface area contributed by atoms with Crippen molar-refractivity contribution >= 4 is 18.3 Å². The molecule has 2 aliphatic heterocycles. The average molecular weight is 327 g/mol. The van der Waals surface area contributed by atoms with Crippen LogP contribution < -0.4 is 5.32 Å². The van der Waals surface area contributed by atoms with E-state index in [1.165, 1.54) is 12.8 Å². The maximum atomic E-state index is 12.6. The summed E-state index contributed by atoms with van der Waals surface area (Å²) in [5, 5.41) is 7.93. The van der Waals surface area contributed by atoms with Crippen LogP contribution in [0, 0.1) is 5.41 Å². The Bertz CT molecular complexity index is 508. The molecule has 0 spiro atoms. The van der Waals surface area contributed by atoms with E-state index in [0.717, 1.165) is 39.0 Å². The lowest BCUT2D eigenvalue weighted by Crippen LogP contribution is -2.43. The summed E-state index contributed by atoms with van der Waals surface area (Å²) in [5.74, 6) is 0.0882. The molecule has 22 heavy (non-hydrogen) atoms. The van der Waals surface area contributed by atoms with E-state index in [4.69, 9.17) is 0 Å². The molecule has 1 unspecified atom stereocenters. The minimum absolute atomic E-state index is 0. The van der Waals surface area contributed by atoms with Gasteiger partial charge in [-0.15, -0.1) is 12.4 Å². The Balaban J connectivity index is 0.00000176. The Kier molecular flexibility index (Phi) is 5.50. The summed E-state index contributed by atoms with van der Waals surface area (Å²) in [7, 11) is 0. The lowest BCUT2D eigenvalue weighted by atomic mass is 9.84. The number of halogens is 1. The van der Waals surface area contributed by atoms with Crippen LogP contribution in [0.25, 0.3) is 0 Å². The van der Waals surface area contributed by atoms with Crippen molar-refractivity contribution in [2.45, 2.75) is 45.6 Å². The highest BCUT2D eigenvalue weighted by Crippen LogP contribution is 2.29. The first-order valence-corrected chi connectivity index (χ1v) is 8.10. The van der Waals surface area contributed by atoms with E-state index in [9.17, 15) is 4.79 Å². The quantitative estimate of drug-likeness (QED) is 0.908. The third kappa shape index (κ3) is 3.82. The van der Waals surface area contributed by atoms with Crippen molar-refractivity contribution < 1.29 is 4.79 Å². The van der Waals surface area contributed by atoms with Crippen LogP contribution in [0.4, 0.5) is 0 Å². The van der Waals surface area contributed by atoms with Crippen LogP contribution in [0.2, 0.25) is 0 Å². The van der Waals surface area contributed by atoms with Crippen LogP contribution in [0.3, 0.4) is 0 Å². The number of carbonyl (C=O) groups excluding carboxylic acids is 1. The fourth-order valence-corrected chi connectivity index (χ4v) is 3.47. The molecule has 3 rings (SSSR count). The number of aromatic nitrogens is 2. The van der Waals surface area contributed by atoms with Gasteiger partial charge in [0.1, 0.15) is 5.69 Å². The number of rotatable bonds is 2. The summed E-state index contributed by atoms with van der Waals surface area (Å²) in [5.41, 5.74) is 0.822. The fraction of sp³-hybridized carbons (Fsp3) is 0.750. The van der Waals surface area contributed by atoms with Gasteiger partial charge in [0, 0.05) is 25.8 Å². The molecule has 1 amide bonds. The lowest BCUT2D eigenvalue weighted by Gasteiger charge is -2.37. The number of nitrogens with one attached hydrogen (secondary N) is 1. The summed E-state index contributed by atoms with van der Waals surface area (Å²) in [6.07, 6.45) is 6.55. The second-order valence-electron chi connectivity index (χ2n) is 7.18. The zero-order valence-electron chi connectivity index (χ0n) is 13.5. The molecule has 124 valence electrons. The highest BCUT2D eigenvalue weighted by atomic mass is 35.5. The van der Waals surface area contributed by atoms with Gasteiger partial charge in [0.25, 0.3) is 5.91 Å². The van der Waals surface area contributed by atoms with Gasteiger partial charge in [-0.1, -0.05) is 13.8 Å². The average Bonchev–Trinajstić information content (AvgIpc) is 2.96. The number of amides is 1. The van der Waals surface area contributed by atoms with Gasteiger partial charge in [-0.05, 0) is 43.7 Å². The van der Waals surface area contributed by atoms with Gasteiger partial charge in [0.05, 0.1) is 6.04 Å². The van der Waals surface area contributed by atoms with Gasteiger partial charge in [-0.25, -0.2) is 0 Å². The Hall–Kier alpha value is -1.07. The Morgan fingerprint density at radius 3 is 2.91 bits per heavy atom. The number of hydrogen-bond acceptors (Lipinski definition) is 3. The Morgan fingerprint density at radius 2 is 2.23 bits per heavy atom. The van der Waals surface area contributed by atoms with Gasteiger partial charge >= 0.3 is 0 Å². The van der Waals surface area contributed by atoms with Gasteiger partial charge in [-0.2, -0.15) is 5.10 Å². The van der Waals surface area contributed by atoms with Crippen LogP contribution in [0.5, 0.6) is 0 Å². The normalized spacial score (nSPS) is 24.6. The molecule has 2 aliphatic rings. The molecule has 5 nitrogen and oxygen atoms in total. The first-order chi connectivity index (χ1) is 10.1. The van der Waals surface area contributed by atoms with E-state index in [0.29, 0.717) is 11.7 Å². The molecular weight excluding hydrogens is 300 g/mol. The van der Waals surface area contributed by atoms with Crippen LogP contribution in [0.1, 0.15) is 56.1 Å². The lowest BCUT2D eigenvalue weighted by molar-refractivity contribution is 0.0576. The molecule has 0 aliphatic carbocycles. The molecule has 1 atom stereocenters. The van der Waals surface area contributed by atoms with Gasteiger partial charge in [-0.3, -0.25) is 9.48 Å². The van der Waals surface area contributed by atoms with E-state index in [2.05, 4.69) is 24.3 Å². The zero-order chi connectivity index (χ0) is 14.9. The monoisotopic (exact) mass is 326 g/mol. The minimum Gasteiger partial charge on any atom is -0.337 e. The molecular formula is C16H27ClN4O. The molecule has 0 radical (unpaired) electrons. The maximum Gasteiger partial charge on any atom is 0.274 e. The summed E-state index contributed by atoms with van der Waals surface area (Å²) < 4.78 is 1.97. The summed E-state index contributed by atoms with van der Waals surface area (Å²) in [4.78, 5) is 14.6. The Morgan fingerprint density at radius 1 is 1.41 bits per heavy atom. The molecule has 2 saturated heterocycles. The van der Waals surface area contributed by atoms with E-state index < -0.39 is 0 Å². The smallest absolute Gasteiger partial charge is 0.274 e. The third-order valence-corrected chi connectivity index (χ3v) is 4.66. The SMILES string of the molecule is CC1(C)CCCN(C(=O)c2ccn(C3CCCNC3)n2)C1.Cl. The topological polar surface area (TPSA) is 50.2 Å². The van der Waals surface area contributed by atoms with Crippen molar-refractivity contribution in [1.82, 2.24) is 20.0 Å². The number of hydrogen-bond donors (Lipinski definition) is 1. The van der Waals surface area contributed by atoms with E-state index in [-0.39, 0.29) is 23.7 Å². The fourth-order valence-electron chi connectivity index (χ4n) is 3.47. The standard InChI is InChI=1S/C16H26N4O.ClH/c1-16(2)7-4-9-19(12-16)15(21)14-6-10-20(18-14)13-5-3-8-17-11-13;/h6,10,13,17H,3-5,7-9,11-12H2,1-2H3;1H. The highest BCUT2D eigenvalue weighted by Gasteiger charge is 2.30. The largest absolute Gasteiger partial charge is 0.337 e. The van der Waals surface area contributed by atoms with Crippen molar-refractivity contribution in [3.8, 4) is 0 Å². The van der Waals surface area contributed by atoms with Crippen molar-refractivity contribution in [1.29, 1.82) is 0 Å². The number of carbonyl (C=O) groups is 1. The summed E-state index contributed by atoms with van der Waals surface area (Å²) in [6, 6.07) is 2.26. The van der Waals surface area contributed by atoms with Gasteiger partial charge in [0.15, 0.2) is 0 Å². The molecule has 0 bridgehead atoms. The number of nitrogens with zero attached hydrogens (tertiary/aromatic N) is 3. The van der Waals surface area contributed by atoms with Crippen LogP contribution in [-0.2, 0) is 0 Å². The first kappa shape index (κ1) is 17.3. The molecule has 6 heteroatoms. The van der Waals surface area contributed by atoms with Crippen molar-refractivity contribution in [2.24, 2.45) is 5.41 Å². The molecule has 1 N–H and O–H groups in total. The molecule has 3 heterocycles. The second-order valence-corrected chi connectivity index (χ2v) is 7.18. The number of piperidine rings is 2. The summed E-state index contributed by atoms with van der Waals surface area (Å²) >= 11 is 0. The van der Waals surface area contributed by atoms with E-state index in [1.54, 1.807) is 0 Å². The first-order valence-electron chi connectivity index (χ1n) is 8.10. The van der Waals surface area contributed by atoms with Crippen molar-refractivity contribution in [3.05, 3.63) is 18.0 Å². The maximum absolute atomic E-state index is 12.6. The molecule has 0 saturated carbocycles. The van der Waals surface area contributed by atoms with Crippen molar-refractivity contribution in [2.75, 3.05) is 26.2 Å². The molecule has 1 aromatic heterocycles. The third-order valence-electron chi connectivity index (χ3n) is 4.66. The predicted molar refractivity (Wildman–Crippen MR) is 89.5 cm³/mol. The van der Waals surface area contributed by atoms with Crippen LogP contribution in [0.15, 0.2) is 12.3 Å². The molecule has 0 aromatic carbocycles. The number of likely N-dealkylation sites (tertiary alicyclic amines) is 1.